The van der Waals surface area contributed by atoms with Gasteiger partial charge in [0.05, 0.1) is 25.2 Å². The molecule has 0 aromatic heterocycles. The summed E-state index contributed by atoms with van der Waals surface area (Å²) in [6, 6.07) is 13.4. The Bertz CT molecular complexity index is 877. The van der Waals surface area contributed by atoms with Gasteiger partial charge in [-0.1, -0.05) is 30.3 Å². The molecule has 6 heteroatoms. The van der Waals surface area contributed by atoms with Crippen LogP contribution in [0, 0.1) is 6.57 Å². The zero-order valence-corrected chi connectivity index (χ0v) is 14.2. The first kappa shape index (κ1) is 17.6. The summed E-state index contributed by atoms with van der Waals surface area (Å²) in [5.41, 5.74) is 1.31. The molecule has 0 radical (unpaired) electrons. The molecule has 0 heterocycles. The Labute approximate surface area is 151 Å². The first-order chi connectivity index (χ1) is 12.5. The van der Waals surface area contributed by atoms with E-state index in [1.807, 2.05) is 0 Å². The summed E-state index contributed by atoms with van der Waals surface area (Å²) in [6.07, 6.45) is 0.145. The van der Waals surface area contributed by atoms with E-state index in [-0.39, 0.29) is 11.9 Å². The van der Waals surface area contributed by atoms with Gasteiger partial charge in [0.25, 0.3) is 5.91 Å². The number of amides is 1. The van der Waals surface area contributed by atoms with Crippen molar-refractivity contribution in [3.05, 3.63) is 71.1 Å². The van der Waals surface area contributed by atoms with Gasteiger partial charge in [0.2, 0.25) is 0 Å². The molecule has 2 aromatic rings. The van der Waals surface area contributed by atoms with Gasteiger partial charge in [-0.3, -0.25) is 9.59 Å². The van der Waals surface area contributed by atoms with Crippen molar-refractivity contribution in [3.8, 4) is 0 Å². The molecule has 2 N–H and O–H groups in total. The quantitative estimate of drug-likeness (QED) is 0.656. The lowest BCUT2D eigenvalue weighted by Gasteiger charge is -2.43. The Kier molecular flexibility index (Phi) is 4.74. The molecular formula is C20H18N2O4. The fraction of sp³-hybridized carbons (Fsp3) is 0.250. The molecule has 3 rings (SSSR count). The molecule has 0 bridgehead atoms. The second kappa shape index (κ2) is 6.98. The largest absolute Gasteiger partial charge is 0.468 e. The number of aliphatic hydroxyl groups excluding tert-OH is 1. The van der Waals surface area contributed by atoms with E-state index in [1.165, 1.54) is 13.2 Å². The van der Waals surface area contributed by atoms with Gasteiger partial charge in [0.15, 0.2) is 5.69 Å². The van der Waals surface area contributed by atoms with Gasteiger partial charge in [-0.25, -0.2) is 4.85 Å². The lowest BCUT2D eigenvalue weighted by molar-refractivity contribution is -0.156. The van der Waals surface area contributed by atoms with E-state index < -0.39 is 11.5 Å². The molecule has 132 valence electrons. The van der Waals surface area contributed by atoms with Gasteiger partial charge in [0, 0.05) is 11.3 Å². The Morgan fingerprint density at radius 2 is 1.92 bits per heavy atom. The number of esters is 1. The Morgan fingerprint density at radius 3 is 2.50 bits per heavy atom. The average molecular weight is 350 g/mol. The number of ether oxygens (including phenoxy) is 1. The Balaban J connectivity index is 1.76. The van der Waals surface area contributed by atoms with Crippen molar-refractivity contribution in [1.82, 2.24) is 0 Å². The smallest absolute Gasteiger partial charge is 0.316 e. The number of carbonyl (C=O) groups is 2. The second-order valence-corrected chi connectivity index (χ2v) is 6.33. The minimum Gasteiger partial charge on any atom is -0.468 e. The van der Waals surface area contributed by atoms with E-state index in [9.17, 15) is 14.7 Å². The van der Waals surface area contributed by atoms with Crippen molar-refractivity contribution in [3.63, 3.8) is 0 Å². The van der Waals surface area contributed by atoms with Crippen molar-refractivity contribution < 1.29 is 19.4 Å². The molecule has 0 spiro atoms. The minimum atomic E-state index is -0.819. The SMILES string of the molecule is [C-]#[N+]c1cccc(C(=O)Nc2ccc(C3(C(=O)OC)CC(O)C3)cc2)c1. The summed E-state index contributed by atoms with van der Waals surface area (Å²) < 4.78 is 4.89. The first-order valence-corrected chi connectivity index (χ1v) is 8.14. The van der Waals surface area contributed by atoms with E-state index in [0.717, 1.165) is 5.56 Å². The van der Waals surface area contributed by atoms with Crippen LogP contribution in [0.3, 0.4) is 0 Å². The van der Waals surface area contributed by atoms with E-state index in [4.69, 9.17) is 11.3 Å². The maximum atomic E-state index is 12.3. The Morgan fingerprint density at radius 1 is 1.23 bits per heavy atom. The van der Waals surface area contributed by atoms with Crippen LogP contribution >= 0.6 is 0 Å². The van der Waals surface area contributed by atoms with Gasteiger partial charge in [-0.15, -0.1) is 0 Å². The topological polar surface area (TPSA) is 80.0 Å². The fourth-order valence-electron chi connectivity index (χ4n) is 3.25. The van der Waals surface area contributed by atoms with Gasteiger partial charge in [0.1, 0.15) is 0 Å². The highest BCUT2D eigenvalue weighted by molar-refractivity contribution is 6.04. The number of aliphatic hydroxyl groups is 1. The first-order valence-electron chi connectivity index (χ1n) is 8.14. The van der Waals surface area contributed by atoms with E-state index in [1.54, 1.807) is 42.5 Å². The maximum Gasteiger partial charge on any atom is 0.316 e. The van der Waals surface area contributed by atoms with Crippen molar-refractivity contribution in [2.24, 2.45) is 0 Å². The molecular weight excluding hydrogens is 332 g/mol. The van der Waals surface area contributed by atoms with Crippen LogP contribution in [0.5, 0.6) is 0 Å². The van der Waals surface area contributed by atoms with Crippen LogP contribution in [-0.4, -0.2) is 30.2 Å². The number of hydrogen-bond donors (Lipinski definition) is 2. The van der Waals surface area contributed by atoms with Crippen LogP contribution < -0.4 is 5.32 Å². The van der Waals surface area contributed by atoms with E-state index in [0.29, 0.717) is 29.8 Å². The molecule has 0 saturated heterocycles. The van der Waals surface area contributed by atoms with Crippen LogP contribution in [0.1, 0.15) is 28.8 Å². The predicted octanol–water partition coefficient (Wildman–Crippen LogP) is 3.06. The third kappa shape index (κ3) is 3.17. The van der Waals surface area contributed by atoms with E-state index >= 15 is 0 Å². The molecule has 0 aliphatic heterocycles. The van der Waals surface area contributed by atoms with Crippen LogP contribution in [0.2, 0.25) is 0 Å². The zero-order valence-electron chi connectivity index (χ0n) is 14.2. The van der Waals surface area contributed by atoms with Crippen molar-refractivity contribution >= 4 is 23.3 Å². The second-order valence-electron chi connectivity index (χ2n) is 6.33. The molecule has 26 heavy (non-hydrogen) atoms. The third-order valence-electron chi connectivity index (χ3n) is 4.68. The molecule has 0 atom stereocenters. The number of carbonyl (C=O) groups excluding carboxylic acids is 2. The van der Waals surface area contributed by atoms with Gasteiger partial charge in [-0.2, -0.15) is 0 Å². The summed E-state index contributed by atoms with van der Waals surface area (Å²) in [5.74, 6) is -0.680. The van der Waals surface area contributed by atoms with Crippen LogP contribution in [0.4, 0.5) is 11.4 Å². The van der Waals surface area contributed by atoms with Gasteiger partial charge < -0.3 is 15.2 Å². The lowest BCUT2D eigenvalue weighted by atomic mass is 9.62. The molecule has 1 amide bonds. The fourth-order valence-corrected chi connectivity index (χ4v) is 3.25. The van der Waals surface area contributed by atoms with Crippen molar-refractivity contribution in [2.75, 3.05) is 12.4 Å². The predicted molar refractivity (Wildman–Crippen MR) is 96.0 cm³/mol. The Hall–Kier alpha value is -3.17. The molecule has 1 saturated carbocycles. The van der Waals surface area contributed by atoms with Gasteiger partial charge >= 0.3 is 5.97 Å². The summed E-state index contributed by atoms with van der Waals surface area (Å²) in [6.45, 7) is 7.01. The summed E-state index contributed by atoms with van der Waals surface area (Å²) in [7, 11) is 1.33. The number of hydrogen-bond acceptors (Lipinski definition) is 4. The maximum absolute atomic E-state index is 12.3. The average Bonchev–Trinajstić information content (AvgIpc) is 2.65. The van der Waals surface area contributed by atoms with Crippen LogP contribution in [0.15, 0.2) is 48.5 Å². The number of nitrogens with zero attached hydrogens (tertiary/aromatic N) is 1. The molecule has 2 aromatic carbocycles. The van der Waals surface area contributed by atoms with Gasteiger partial charge in [-0.05, 0) is 36.6 Å². The molecule has 1 aliphatic rings. The van der Waals surface area contributed by atoms with E-state index in [2.05, 4.69) is 10.2 Å². The monoisotopic (exact) mass is 350 g/mol. The third-order valence-corrected chi connectivity index (χ3v) is 4.68. The minimum absolute atomic E-state index is 0.315. The number of benzene rings is 2. The summed E-state index contributed by atoms with van der Waals surface area (Å²) in [5, 5.41) is 12.4. The van der Waals surface area contributed by atoms with Crippen LogP contribution in [0.25, 0.3) is 4.85 Å². The number of anilines is 1. The van der Waals surface area contributed by atoms with Crippen molar-refractivity contribution in [1.29, 1.82) is 0 Å². The number of nitrogens with one attached hydrogen (secondary N) is 1. The lowest BCUT2D eigenvalue weighted by Crippen LogP contribution is -2.51. The van der Waals surface area contributed by atoms with Crippen LogP contribution in [-0.2, 0) is 14.9 Å². The standard InChI is InChI=1S/C20H18N2O4/c1-21-16-5-3-4-13(10-16)18(24)22-15-8-6-14(7-9-15)20(19(25)26-2)11-17(23)12-20/h3-10,17,23H,11-12H2,2H3,(H,22,24). The molecule has 0 unspecified atom stereocenters. The summed E-state index contributed by atoms with van der Waals surface area (Å²) >= 11 is 0. The highest BCUT2D eigenvalue weighted by Gasteiger charge is 2.51. The highest BCUT2D eigenvalue weighted by atomic mass is 16.5. The normalized spacial score (nSPS) is 21.2. The molecule has 1 fully saturated rings. The number of methoxy groups -OCH3 is 1. The number of rotatable bonds is 4. The highest BCUT2D eigenvalue weighted by Crippen LogP contribution is 2.45. The van der Waals surface area contributed by atoms with Crippen molar-refractivity contribution in [2.45, 2.75) is 24.4 Å². The molecule has 1 aliphatic carbocycles. The summed E-state index contributed by atoms with van der Waals surface area (Å²) in [4.78, 5) is 27.8. The zero-order chi connectivity index (χ0) is 18.7. The molecule has 6 nitrogen and oxygen atoms in total.